The Morgan fingerprint density at radius 3 is 2.56 bits per heavy atom. The molecule has 4 aromatic rings. The van der Waals surface area contributed by atoms with Crippen LogP contribution in [-0.2, 0) is 6.54 Å². The summed E-state index contributed by atoms with van der Waals surface area (Å²) < 4.78 is 7.34. The van der Waals surface area contributed by atoms with E-state index in [-0.39, 0.29) is 18.4 Å². The molecule has 3 heterocycles. The molecule has 4 rings (SSSR count). The topological polar surface area (TPSA) is 121 Å². The predicted octanol–water partition coefficient (Wildman–Crippen LogP) is 3.19. The van der Waals surface area contributed by atoms with Gasteiger partial charge in [-0.2, -0.15) is 4.68 Å². The van der Waals surface area contributed by atoms with Crippen LogP contribution in [0.4, 0.5) is 0 Å². The van der Waals surface area contributed by atoms with Gasteiger partial charge in [-0.15, -0.1) is 5.10 Å². The van der Waals surface area contributed by atoms with E-state index in [2.05, 4.69) is 35.8 Å². The maximum absolute atomic E-state index is 13.3. The molecule has 0 fully saturated rings. The lowest BCUT2D eigenvalue weighted by Gasteiger charge is -2.17. The van der Waals surface area contributed by atoms with Crippen LogP contribution in [0, 0.1) is 13.8 Å². The number of hydrogen-bond acceptors (Lipinski definition) is 8. The minimum atomic E-state index is -0.325. The molecule has 0 saturated carbocycles. The molecule has 0 aliphatic rings. The average molecular weight is 459 g/mol. The van der Waals surface area contributed by atoms with Crippen LogP contribution in [0.25, 0.3) is 16.9 Å². The molecule has 0 spiro atoms. The number of amides is 1. The van der Waals surface area contributed by atoms with E-state index in [0.29, 0.717) is 39.8 Å². The number of benzene rings is 1. The van der Waals surface area contributed by atoms with Crippen LogP contribution in [0.2, 0.25) is 0 Å². The first kappa shape index (κ1) is 23.0. The summed E-state index contributed by atoms with van der Waals surface area (Å²) >= 11 is 0. The Kier molecular flexibility index (Phi) is 6.58. The third-order valence-corrected chi connectivity index (χ3v) is 5.23. The van der Waals surface area contributed by atoms with E-state index in [1.165, 1.54) is 7.11 Å². The van der Waals surface area contributed by atoms with Crippen molar-refractivity contribution < 1.29 is 9.53 Å². The van der Waals surface area contributed by atoms with E-state index < -0.39 is 0 Å². The molecule has 174 valence electrons. The van der Waals surface area contributed by atoms with Crippen molar-refractivity contribution in [3.8, 4) is 22.7 Å². The Hall–Kier alpha value is -4.21. The highest BCUT2D eigenvalue weighted by molar-refractivity contribution is 6.00. The Bertz CT molecular complexity index is 1300. The Labute approximate surface area is 197 Å². The normalized spacial score (nSPS) is 11.0. The largest absolute Gasteiger partial charge is 0.495 e. The molecule has 0 aliphatic heterocycles. The summed E-state index contributed by atoms with van der Waals surface area (Å²) in [5, 5.41) is 15.0. The van der Waals surface area contributed by atoms with Gasteiger partial charge in [-0.05, 0) is 48.0 Å². The smallest absolute Gasteiger partial charge is 0.255 e. The van der Waals surface area contributed by atoms with E-state index in [1.807, 2.05) is 45.9 Å². The first-order valence-corrected chi connectivity index (χ1v) is 10.9. The summed E-state index contributed by atoms with van der Waals surface area (Å²) in [6.07, 6.45) is 5.07. The third kappa shape index (κ3) is 4.75. The predicted molar refractivity (Wildman–Crippen MR) is 126 cm³/mol. The van der Waals surface area contributed by atoms with Crippen molar-refractivity contribution in [3.05, 3.63) is 71.2 Å². The van der Waals surface area contributed by atoms with Crippen LogP contribution in [0.3, 0.4) is 0 Å². The highest BCUT2D eigenvalue weighted by Gasteiger charge is 2.22. The zero-order chi connectivity index (χ0) is 24.2. The molecule has 0 saturated heterocycles. The Balaban J connectivity index is 1.80. The number of aryl methyl sites for hydroxylation is 2. The van der Waals surface area contributed by atoms with Crippen molar-refractivity contribution in [1.29, 1.82) is 0 Å². The molecule has 10 nitrogen and oxygen atoms in total. The van der Waals surface area contributed by atoms with Crippen molar-refractivity contribution in [2.75, 3.05) is 7.11 Å². The number of nitrogens with zero attached hydrogens (tertiary/aromatic N) is 7. The molecule has 34 heavy (non-hydrogen) atoms. The molecule has 0 unspecified atom stereocenters. The van der Waals surface area contributed by atoms with Crippen LogP contribution in [0.15, 0.2) is 42.9 Å². The highest BCUT2D eigenvalue weighted by atomic mass is 16.5. The monoisotopic (exact) mass is 458 g/mol. The lowest BCUT2D eigenvalue weighted by atomic mass is 10.0. The summed E-state index contributed by atoms with van der Waals surface area (Å²) in [5.41, 5.74) is 4.78. The van der Waals surface area contributed by atoms with Gasteiger partial charge in [0.15, 0.2) is 5.82 Å². The second kappa shape index (κ2) is 9.74. The molecule has 0 atom stereocenters. The Morgan fingerprint density at radius 1 is 1.09 bits per heavy atom. The third-order valence-electron chi connectivity index (χ3n) is 5.23. The van der Waals surface area contributed by atoms with Gasteiger partial charge in [-0.1, -0.05) is 19.9 Å². The van der Waals surface area contributed by atoms with E-state index in [1.54, 1.807) is 29.3 Å². The van der Waals surface area contributed by atoms with Crippen LogP contribution in [0.1, 0.15) is 52.9 Å². The van der Waals surface area contributed by atoms with E-state index in [0.717, 1.165) is 11.3 Å². The first-order valence-electron chi connectivity index (χ1n) is 10.9. The molecular formula is C24H26N8O2. The van der Waals surface area contributed by atoms with Crippen molar-refractivity contribution in [2.24, 2.45) is 0 Å². The van der Waals surface area contributed by atoms with E-state index in [4.69, 9.17) is 4.74 Å². The fourth-order valence-electron chi connectivity index (χ4n) is 3.46. The van der Waals surface area contributed by atoms with E-state index >= 15 is 0 Å². The molecule has 3 aromatic heterocycles. The van der Waals surface area contributed by atoms with Crippen LogP contribution in [0.5, 0.6) is 5.75 Å². The molecule has 1 amide bonds. The zero-order valence-electron chi connectivity index (χ0n) is 19.8. The molecule has 1 N–H and O–H groups in total. The van der Waals surface area contributed by atoms with Gasteiger partial charge in [0.05, 0.1) is 48.2 Å². The molecule has 10 heteroatoms. The summed E-state index contributed by atoms with van der Waals surface area (Å²) in [6.45, 7) is 8.05. The van der Waals surface area contributed by atoms with Gasteiger partial charge in [-0.3, -0.25) is 19.7 Å². The van der Waals surface area contributed by atoms with Crippen LogP contribution < -0.4 is 10.1 Å². The lowest BCUT2D eigenvalue weighted by molar-refractivity contribution is 0.0947. The van der Waals surface area contributed by atoms with Crippen molar-refractivity contribution >= 4 is 5.91 Å². The van der Waals surface area contributed by atoms with Crippen molar-refractivity contribution in [2.45, 2.75) is 40.2 Å². The summed E-state index contributed by atoms with van der Waals surface area (Å²) in [7, 11) is 1.53. The van der Waals surface area contributed by atoms with Gasteiger partial charge in [0.2, 0.25) is 0 Å². The van der Waals surface area contributed by atoms with Crippen LogP contribution in [-0.4, -0.2) is 48.2 Å². The molecule has 0 radical (unpaired) electrons. The van der Waals surface area contributed by atoms with Gasteiger partial charge in [0.25, 0.3) is 5.91 Å². The average Bonchev–Trinajstić information content (AvgIpc) is 3.34. The van der Waals surface area contributed by atoms with Crippen molar-refractivity contribution in [1.82, 2.24) is 40.5 Å². The summed E-state index contributed by atoms with van der Waals surface area (Å²) in [6, 6.07) is 7.44. The van der Waals surface area contributed by atoms with Crippen LogP contribution >= 0.6 is 0 Å². The lowest BCUT2D eigenvalue weighted by Crippen LogP contribution is -2.24. The number of methoxy groups -OCH3 is 1. The standard InChI is InChI=1S/C24H26N8O2/c1-14(2)23-29-30-31-32(23)18-8-19(21-7-6-15(3)10-27-21)22(34-5)20(9-18)24(33)28-13-17-12-25-16(4)11-26-17/h6-12,14H,13H2,1-5H3,(H,28,33). The van der Waals surface area contributed by atoms with Gasteiger partial charge < -0.3 is 10.1 Å². The SMILES string of the molecule is COc1c(C(=O)NCc2cnc(C)cn2)cc(-n2nnnc2C(C)C)cc1-c1ccc(C)cn1. The molecule has 0 bridgehead atoms. The quantitative estimate of drug-likeness (QED) is 0.448. The minimum Gasteiger partial charge on any atom is -0.495 e. The number of tetrazole rings is 1. The number of ether oxygens (including phenoxy) is 1. The van der Waals surface area contributed by atoms with Gasteiger partial charge >= 0.3 is 0 Å². The number of hydrogen-bond donors (Lipinski definition) is 1. The highest BCUT2D eigenvalue weighted by Crippen LogP contribution is 2.35. The number of pyridine rings is 1. The second-order valence-corrected chi connectivity index (χ2v) is 8.23. The fraction of sp³-hybridized carbons (Fsp3) is 0.292. The maximum Gasteiger partial charge on any atom is 0.255 e. The van der Waals surface area contributed by atoms with E-state index in [9.17, 15) is 4.79 Å². The summed E-state index contributed by atoms with van der Waals surface area (Å²) in [4.78, 5) is 26.4. The Morgan fingerprint density at radius 2 is 1.91 bits per heavy atom. The number of carbonyl (C=O) groups is 1. The number of aromatic nitrogens is 7. The fourth-order valence-corrected chi connectivity index (χ4v) is 3.46. The number of carbonyl (C=O) groups excluding carboxylic acids is 1. The maximum atomic E-state index is 13.3. The molecule has 0 aliphatic carbocycles. The van der Waals surface area contributed by atoms with Gasteiger partial charge in [0.1, 0.15) is 5.75 Å². The summed E-state index contributed by atoms with van der Waals surface area (Å²) in [5.74, 6) is 0.838. The van der Waals surface area contributed by atoms with Crippen molar-refractivity contribution in [3.63, 3.8) is 0 Å². The molecule has 1 aromatic carbocycles. The van der Waals surface area contributed by atoms with Gasteiger partial charge in [-0.25, -0.2) is 0 Å². The van der Waals surface area contributed by atoms with Gasteiger partial charge in [0, 0.05) is 23.9 Å². The number of rotatable bonds is 7. The number of nitrogens with one attached hydrogen (secondary N) is 1. The first-order chi connectivity index (χ1) is 16.4. The second-order valence-electron chi connectivity index (χ2n) is 8.23. The molecular weight excluding hydrogens is 432 g/mol. The zero-order valence-corrected chi connectivity index (χ0v) is 19.8. The minimum absolute atomic E-state index is 0.0791.